The van der Waals surface area contributed by atoms with Gasteiger partial charge in [-0.25, -0.2) is 19.2 Å². The molecular weight excluding hydrogens is 369 g/mol. The Morgan fingerprint density at radius 3 is 2.70 bits per heavy atom. The average Bonchev–Trinajstić information content (AvgIpc) is 2.61. The maximum atomic E-state index is 13.4. The van der Waals surface area contributed by atoms with Gasteiger partial charge in [-0.3, -0.25) is 0 Å². The Hall–Kier alpha value is -2.73. The standard InChI is InChI=1S/C20H20FN3O2.ClH/c1-4-9-26-20(25)16-11-22-19-15(7-5-13(3)23-19)18(16)24-17-8-6-14(21)10-12(17)2;/h5-8,10-11H,4,9H2,1-3H3,(H,22,23,24);1H. The molecule has 0 saturated heterocycles. The van der Waals surface area contributed by atoms with E-state index in [0.29, 0.717) is 34.6 Å². The van der Waals surface area contributed by atoms with Crippen LogP contribution >= 0.6 is 12.4 Å². The van der Waals surface area contributed by atoms with E-state index in [4.69, 9.17) is 4.74 Å². The van der Waals surface area contributed by atoms with Crippen molar-refractivity contribution in [2.24, 2.45) is 0 Å². The first-order valence-corrected chi connectivity index (χ1v) is 8.46. The van der Waals surface area contributed by atoms with Crippen molar-refractivity contribution < 1.29 is 13.9 Å². The zero-order chi connectivity index (χ0) is 18.7. The van der Waals surface area contributed by atoms with Crippen LogP contribution < -0.4 is 5.32 Å². The number of aromatic nitrogens is 2. The van der Waals surface area contributed by atoms with Crippen molar-refractivity contribution in [2.75, 3.05) is 11.9 Å². The van der Waals surface area contributed by atoms with Crippen LogP contribution in [0.4, 0.5) is 15.8 Å². The molecular formula is C20H21ClFN3O2. The van der Waals surface area contributed by atoms with Crippen molar-refractivity contribution in [3.8, 4) is 0 Å². The molecule has 0 amide bonds. The minimum Gasteiger partial charge on any atom is -0.462 e. The van der Waals surface area contributed by atoms with Crippen LogP contribution in [0.15, 0.2) is 36.5 Å². The molecule has 3 aromatic rings. The molecule has 0 fully saturated rings. The van der Waals surface area contributed by atoms with E-state index in [1.807, 2.05) is 26.0 Å². The van der Waals surface area contributed by atoms with Gasteiger partial charge in [0.25, 0.3) is 0 Å². The first kappa shape index (κ1) is 20.6. The van der Waals surface area contributed by atoms with Crippen LogP contribution in [0.2, 0.25) is 0 Å². The molecule has 0 aliphatic carbocycles. The normalized spacial score (nSPS) is 10.4. The fraction of sp³-hybridized carbons (Fsp3) is 0.250. The summed E-state index contributed by atoms with van der Waals surface area (Å²) in [5.41, 5.74) is 3.65. The number of benzene rings is 1. The Labute approximate surface area is 163 Å². The number of rotatable bonds is 5. The molecule has 27 heavy (non-hydrogen) atoms. The molecule has 1 N–H and O–H groups in total. The molecule has 142 valence electrons. The molecule has 0 bridgehead atoms. The Morgan fingerprint density at radius 2 is 2.00 bits per heavy atom. The number of ether oxygens (including phenoxy) is 1. The zero-order valence-electron chi connectivity index (χ0n) is 15.4. The number of anilines is 2. The van der Waals surface area contributed by atoms with Crippen molar-refractivity contribution >= 4 is 40.8 Å². The summed E-state index contributed by atoms with van der Waals surface area (Å²) in [5.74, 6) is -0.767. The third-order valence-corrected chi connectivity index (χ3v) is 3.97. The molecule has 3 rings (SSSR count). The smallest absolute Gasteiger partial charge is 0.341 e. The minimum atomic E-state index is -0.455. The molecule has 0 spiro atoms. The number of pyridine rings is 2. The van der Waals surface area contributed by atoms with Crippen LogP contribution in [0, 0.1) is 19.7 Å². The van der Waals surface area contributed by atoms with Gasteiger partial charge in [-0.05, 0) is 56.2 Å². The summed E-state index contributed by atoms with van der Waals surface area (Å²) >= 11 is 0. The number of nitrogens with one attached hydrogen (secondary N) is 1. The fourth-order valence-electron chi connectivity index (χ4n) is 2.64. The number of aryl methyl sites for hydroxylation is 2. The summed E-state index contributed by atoms with van der Waals surface area (Å²) in [6, 6.07) is 8.16. The number of hydrogen-bond donors (Lipinski definition) is 1. The lowest BCUT2D eigenvalue weighted by atomic mass is 10.1. The summed E-state index contributed by atoms with van der Waals surface area (Å²) in [7, 11) is 0. The lowest BCUT2D eigenvalue weighted by Gasteiger charge is -2.15. The maximum Gasteiger partial charge on any atom is 0.341 e. The van der Waals surface area contributed by atoms with E-state index in [2.05, 4.69) is 15.3 Å². The summed E-state index contributed by atoms with van der Waals surface area (Å²) in [6.07, 6.45) is 2.20. The third kappa shape index (κ3) is 4.52. The van der Waals surface area contributed by atoms with Gasteiger partial charge in [0.1, 0.15) is 11.4 Å². The topological polar surface area (TPSA) is 64.1 Å². The second kappa shape index (κ2) is 8.77. The van der Waals surface area contributed by atoms with Crippen LogP contribution in [0.1, 0.15) is 35.0 Å². The molecule has 0 saturated carbocycles. The first-order valence-electron chi connectivity index (χ1n) is 8.46. The van der Waals surface area contributed by atoms with E-state index in [1.165, 1.54) is 18.3 Å². The number of fused-ring (bicyclic) bond motifs is 1. The number of carbonyl (C=O) groups excluding carboxylic acids is 1. The Bertz CT molecular complexity index is 979. The van der Waals surface area contributed by atoms with Gasteiger partial charge in [-0.15, -0.1) is 12.4 Å². The molecule has 0 aliphatic rings. The number of carbonyl (C=O) groups is 1. The number of halogens is 2. The number of nitrogens with zero attached hydrogens (tertiary/aromatic N) is 2. The van der Waals surface area contributed by atoms with Crippen molar-refractivity contribution in [1.29, 1.82) is 0 Å². The van der Waals surface area contributed by atoms with Crippen molar-refractivity contribution in [3.05, 3.63) is 59.2 Å². The molecule has 0 atom stereocenters. The highest BCUT2D eigenvalue weighted by molar-refractivity contribution is 6.05. The van der Waals surface area contributed by atoms with E-state index >= 15 is 0 Å². The van der Waals surface area contributed by atoms with Gasteiger partial charge in [-0.2, -0.15) is 0 Å². The van der Waals surface area contributed by atoms with Crippen LogP contribution in [0.25, 0.3) is 11.0 Å². The highest BCUT2D eigenvalue weighted by Crippen LogP contribution is 2.30. The minimum absolute atomic E-state index is 0. The van der Waals surface area contributed by atoms with Gasteiger partial charge >= 0.3 is 5.97 Å². The molecule has 7 heteroatoms. The summed E-state index contributed by atoms with van der Waals surface area (Å²) in [6.45, 7) is 5.94. The lowest BCUT2D eigenvalue weighted by molar-refractivity contribution is 0.0506. The van der Waals surface area contributed by atoms with Crippen LogP contribution in [0.3, 0.4) is 0 Å². The highest BCUT2D eigenvalue weighted by atomic mass is 35.5. The van der Waals surface area contributed by atoms with Gasteiger partial charge in [-0.1, -0.05) is 6.92 Å². The largest absolute Gasteiger partial charge is 0.462 e. The Kier molecular flexibility index (Phi) is 6.69. The molecule has 2 aromatic heterocycles. The quantitative estimate of drug-likeness (QED) is 0.613. The Balaban J connectivity index is 0.00000261. The third-order valence-electron chi connectivity index (χ3n) is 3.97. The van der Waals surface area contributed by atoms with E-state index < -0.39 is 5.97 Å². The van der Waals surface area contributed by atoms with E-state index in [-0.39, 0.29) is 18.2 Å². The van der Waals surface area contributed by atoms with Crippen molar-refractivity contribution in [2.45, 2.75) is 27.2 Å². The van der Waals surface area contributed by atoms with Crippen molar-refractivity contribution in [1.82, 2.24) is 9.97 Å². The van der Waals surface area contributed by atoms with Gasteiger partial charge in [0, 0.05) is 23.0 Å². The van der Waals surface area contributed by atoms with Gasteiger partial charge in [0.05, 0.1) is 12.3 Å². The SMILES string of the molecule is CCCOC(=O)c1cnc2nc(C)ccc2c1Nc1ccc(F)cc1C.Cl. The second-order valence-corrected chi connectivity index (χ2v) is 6.09. The van der Waals surface area contributed by atoms with E-state index in [9.17, 15) is 9.18 Å². The predicted molar refractivity (Wildman–Crippen MR) is 107 cm³/mol. The number of esters is 1. The second-order valence-electron chi connectivity index (χ2n) is 6.09. The molecule has 0 aliphatic heterocycles. The van der Waals surface area contributed by atoms with E-state index in [0.717, 1.165) is 17.7 Å². The maximum absolute atomic E-state index is 13.4. The van der Waals surface area contributed by atoms with Crippen molar-refractivity contribution in [3.63, 3.8) is 0 Å². The Morgan fingerprint density at radius 1 is 1.22 bits per heavy atom. The number of hydrogen-bond acceptors (Lipinski definition) is 5. The van der Waals surface area contributed by atoms with Crippen LogP contribution in [-0.2, 0) is 4.74 Å². The lowest BCUT2D eigenvalue weighted by Crippen LogP contribution is -2.10. The zero-order valence-corrected chi connectivity index (χ0v) is 16.2. The first-order chi connectivity index (χ1) is 12.5. The molecule has 2 heterocycles. The van der Waals surface area contributed by atoms with Gasteiger partial charge < -0.3 is 10.1 Å². The molecule has 0 radical (unpaired) electrons. The molecule has 0 unspecified atom stereocenters. The summed E-state index contributed by atoms with van der Waals surface area (Å²) in [5, 5.41) is 3.94. The monoisotopic (exact) mass is 389 g/mol. The molecule has 1 aromatic carbocycles. The summed E-state index contributed by atoms with van der Waals surface area (Å²) < 4.78 is 18.7. The van der Waals surface area contributed by atoms with Gasteiger partial charge in [0.2, 0.25) is 0 Å². The van der Waals surface area contributed by atoms with Crippen LogP contribution in [0.5, 0.6) is 0 Å². The van der Waals surface area contributed by atoms with Crippen LogP contribution in [-0.4, -0.2) is 22.5 Å². The van der Waals surface area contributed by atoms with E-state index in [1.54, 1.807) is 13.0 Å². The van der Waals surface area contributed by atoms with Gasteiger partial charge in [0.15, 0.2) is 5.65 Å². The highest BCUT2D eigenvalue weighted by Gasteiger charge is 2.18. The fourth-order valence-corrected chi connectivity index (χ4v) is 2.64. The molecule has 5 nitrogen and oxygen atoms in total. The summed E-state index contributed by atoms with van der Waals surface area (Å²) in [4.78, 5) is 21.2. The average molecular weight is 390 g/mol. The predicted octanol–water partition coefficient (Wildman–Crippen LogP) is 5.12.